The second kappa shape index (κ2) is 4.56. The second-order valence-corrected chi connectivity index (χ2v) is 6.37. The Labute approximate surface area is 119 Å². The lowest BCUT2D eigenvalue weighted by atomic mass is 9.68. The van der Waals surface area contributed by atoms with Crippen molar-refractivity contribution in [2.24, 2.45) is 11.3 Å². The Morgan fingerprint density at radius 3 is 2.90 bits per heavy atom. The number of benzene rings is 1. The first-order valence-electron chi connectivity index (χ1n) is 7.47. The van der Waals surface area contributed by atoms with Crippen LogP contribution in [0, 0.1) is 28.5 Å². The minimum Gasteiger partial charge on any atom is -0.383 e. The van der Waals surface area contributed by atoms with Crippen LogP contribution in [0.1, 0.15) is 50.2 Å². The highest BCUT2D eigenvalue weighted by molar-refractivity contribution is 5.41. The molecule has 0 saturated heterocycles. The van der Waals surface area contributed by atoms with Gasteiger partial charge in [0.15, 0.2) is 0 Å². The largest absolute Gasteiger partial charge is 0.383 e. The molecule has 2 aliphatic rings. The molecule has 3 unspecified atom stereocenters. The molecule has 0 heterocycles. The lowest BCUT2D eigenvalue weighted by Crippen LogP contribution is -2.42. The Hall–Kier alpha value is -1.40. The highest BCUT2D eigenvalue weighted by Gasteiger charge is 2.57. The highest BCUT2D eigenvalue weighted by Crippen LogP contribution is 2.58. The van der Waals surface area contributed by atoms with Crippen molar-refractivity contribution in [3.05, 3.63) is 35.1 Å². The third-order valence-corrected chi connectivity index (χ3v) is 5.47. The van der Waals surface area contributed by atoms with Crippen molar-refractivity contribution in [3.63, 3.8) is 0 Å². The van der Waals surface area contributed by atoms with Gasteiger partial charge in [-0.15, -0.1) is 0 Å². The van der Waals surface area contributed by atoms with Crippen molar-refractivity contribution < 1.29 is 9.50 Å². The third kappa shape index (κ3) is 1.71. The molecular formula is C17H20FNO. The van der Waals surface area contributed by atoms with Crippen LogP contribution < -0.4 is 0 Å². The number of rotatable bonds is 2. The molecule has 0 amide bonds. The molecule has 0 bridgehead atoms. The first-order valence-corrected chi connectivity index (χ1v) is 7.47. The van der Waals surface area contributed by atoms with E-state index < -0.39 is 11.0 Å². The summed E-state index contributed by atoms with van der Waals surface area (Å²) in [6.07, 6.45) is 4.75. The SMILES string of the molecule is CCC1CCC(C#N)(C2(O)CCc3cc(F)ccc32)C1. The van der Waals surface area contributed by atoms with Crippen LogP contribution >= 0.6 is 0 Å². The van der Waals surface area contributed by atoms with Crippen molar-refractivity contribution >= 4 is 0 Å². The van der Waals surface area contributed by atoms with Gasteiger partial charge in [-0.1, -0.05) is 19.4 Å². The van der Waals surface area contributed by atoms with E-state index >= 15 is 0 Å². The van der Waals surface area contributed by atoms with Crippen LogP contribution in [0.4, 0.5) is 4.39 Å². The summed E-state index contributed by atoms with van der Waals surface area (Å²) in [5.41, 5.74) is -0.162. The van der Waals surface area contributed by atoms with Crippen molar-refractivity contribution in [1.29, 1.82) is 5.26 Å². The van der Waals surface area contributed by atoms with Crippen molar-refractivity contribution in [3.8, 4) is 6.07 Å². The van der Waals surface area contributed by atoms with E-state index in [0.717, 1.165) is 36.8 Å². The van der Waals surface area contributed by atoms with Crippen LogP contribution in [0.5, 0.6) is 0 Å². The second-order valence-electron chi connectivity index (χ2n) is 6.37. The lowest BCUT2D eigenvalue weighted by molar-refractivity contribution is -0.0594. The molecule has 0 aromatic heterocycles. The Balaban J connectivity index is 2.04. The summed E-state index contributed by atoms with van der Waals surface area (Å²) < 4.78 is 13.3. The van der Waals surface area contributed by atoms with Gasteiger partial charge in [0, 0.05) is 0 Å². The van der Waals surface area contributed by atoms with Gasteiger partial charge in [0.05, 0.1) is 11.5 Å². The van der Waals surface area contributed by atoms with Gasteiger partial charge in [-0.05, 0) is 61.3 Å². The lowest BCUT2D eigenvalue weighted by Gasteiger charge is -2.38. The minimum absolute atomic E-state index is 0.267. The Morgan fingerprint density at radius 2 is 2.25 bits per heavy atom. The van der Waals surface area contributed by atoms with E-state index in [-0.39, 0.29) is 5.82 Å². The molecule has 0 spiro atoms. The van der Waals surface area contributed by atoms with Gasteiger partial charge in [-0.25, -0.2) is 4.39 Å². The quantitative estimate of drug-likeness (QED) is 0.893. The zero-order chi connectivity index (χ0) is 14.4. The molecule has 2 aliphatic carbocycles. The maximum absolute atomic E-state index is 13.3. The molecule has 1 N–H and O–H groups in total. The fourth-order valence-corrected chi connectivity index (χ4v) is 4.19. The monoisotopic (exact) mass is 273 g/mol. The number of fused-ring (bicyclic) bond motifs is 1. The van der Waals surface area contributed by atoms with Gasteiger partial charge in [0.1, 0.15) is 11.4 Å². The summed E-state index contributed by atoms with van der Waals surface area (Å²) in [6.45, 7) is 2.14. The van der Waals surface area contributed by atoms with Crippen LogP contribution in [0.25, 0.3) is 0 Å². The summed E-state index contributed by atoms with van der Waals surface area (Å²) in [4.78, 5) is 0. The molecule has 3 rings (SSSR count). The number of nitrogens with zero attached hydrogens (tertiary/aromatic N) is 1. The molecule has 0 aliphatic heterocycles. The molecule has 1 saturated carbocycles. The highest BCUT2D eigenvalue weighted by atomic mass is 19.1. The maximum atomic E-state index is 13.3. The normalized spacial score (nSPS) is 35.8. The van der Waals surface area contributed by atoms with Gasteiger partial charge in [0.25, 0.3) is 0 Å². The molecule has 1 aromatic carbocycles. The fourth-order valence-electron chi connectivity index (χ4n) is 4.19. The molecule has 0 radical (unpaired) electrons. The summed E-state index contributed by atoms with van der Waals surface area (Å²) >= 11 is 0. The van der Waals surface area contributed by atoms with Crippen molar-refractivity contribution in [2.45, 2.75) is 51.0 Å². The van der Waals surface area contributed by atoms with E-state index in [1.807, 2.05) is 0 Å². The number of hydrogen-bond acceptors (Lipinski definition) is 2. The first kappa shape index (κ1) is 13.6. The van der Waals surface area contributed by atoms with Crippen LogP contribution in [0.2, 0.25) is 0 Å². The predicted molar refractivity (Wildman–Crippen MR) is 74.3 cm³/mol. The Morgan fingerprint density at radius 1 is 1.45 bits per heavy atom. The number of aryl methyl sites for hydroxylation is 1. The zero-order valence-corrected chi connectivity index (χ0v) is 11.8. The van der Waals surface area contributed by atoms with Crippen LogP contribution in [0.3, 0.4) is 0 Å². The average Bonchev–Trinajstić information content (AvgIpc) is 3.02. The summed E-state index contributed by atoms with van der Waals surface area (Å²) in [5.74, 6) is 0.250. The van der Waals surface area contributed by atoms with Gasteiger partial charge < -0.3 is 5.11 Å². The van der Waals surface area contributed by atoms with Gasteiger partial charge in [0.2, 0.25) is 0 Å². The van der Waals surface area contributed by atoms with Crippen LogP contribution in [-0.4, -0.2) is 5.11 Å². The van der Waals surface area contributed by atoms with Gasteiger partial charge in [-0.3, -0.25) is 0 Å². The van der Waals surface area contributed by atoms with E-state index in [1.54, 1.807) is 6.07 Å². The van der Waals surface area contributed by atoms with Gasteiger partial charge in [-0.2, -0.15) is 5.26 Å². The smallest absolute Gasteiger partial charge is 0.123 e. The number of nitriles is 1. The molecule has 3 heteroatoms. The first-order chi connectivity index (χ1) is 9.54. The minimum atomic E-state index is -1.10. The van der Waals surface area contributed by atoms with Gasteiger partial charge >= 0.3 is 0 Å². The molecule has 3 atom stereocenters. The average molecular weight is 273 g/mol. The fraction of sp³-hybridized carbons (Fsp3) is 0.588. The van der Waals surface area contributed by atoms with Crippen molar-refractivity contribution in [1.82, 2.24) is 0 Å². The predicted octanol–water partition coefficient (Wildman–Crippen LogP) is 3.68. The number of halogens is 1. The third-order valence-electron chi connectivity index (χ3n) is 5.47. The summed E-state index contributed by atoms with van der Waals surface area (Å²) in [6, 6.07) is 7.01. The molecular weight excluding hydrogens is 253 g/mol. The Kier molecular flexibility index (Phi) is 3.10. The molecule has 106 valence electrons. The molecule has 20 heavy (non-hydrogen) atoms. The number of hydrogen-bond donors (Lipinski definition) is 1. The zero-order valence-electron chi connectivity index (χ0n) is 11.8. The van der Waals surface area contributed by atoms with Crippen LogP contribution in [-0.2, 0) is 12.0 Å². The topological polar surface area (TPSA) is 44.0 Å². The molecule has 1 fully saturated rings. The van der Waals surface area contributed by atoms with Crippen molar-refractivity contribution in [2.75, 3.05) is 0 Å². The van der Waals surface area contributed by atoms with E-state index in [1.165, 1.54) is 12.1 Å². The van der Waals surface area contributed by atoms with Crippen LogP contribution in [0.15, 0.2) is 18.2 Å². The summed E-state index contributed by atoms with van der Waals surface area (Å²) in [5, 5.41) is 21.0. The number of aliphatic hydroxyl groups is 1. The van der Waals surface area contributed by atoms with E-state index in [0.29, 0.717) is 18.8 Å². The molecule has 1 aromatic rings. The summed E-state index contributed by atoms with van der Waals surface area (Å²) in [7, 11) is 0. The van der Waals surface area contributed by atoms with E-state index in [2.05, 4.69) is 13.0 Å². The van der Waals surface area contributed by atoms with E-state index in [9.17, 15) is 14.8 Å². The maximum Gasteiger partial charge on any atom is 0.123 e. The van der Waals surface area contributed by atoms with E-state index in [4.69, 9.17) is 0 Å². The standard InChI is InChI=1S/C17H20FNO/c1-2-12-5-7-16(10-12,11-19)17(20)8-6-13-9-14(18)3-4-15(13)17/h3-4,9,12,20H,2,5-8,10H2,1H3. The molecule has 2 nitrogen and oxygen atoms in total. The Bertz CT molecular complexity index is 579.